The van der Waals surface area contributed by atoms with Crippen LogP contribution < -0.4 is 0 Å². The van der Waals surface area contributed by atoms with Crippen LogP contribution >= 0.6 is 0 Å². The fourth-order valence-corrected chi connectivity index (χ4v) is 0.818. The summed E-state index contributed by atoms with van der Waals surface area (Å²) in [7, 11) is 0. The summed E-state index contributed by atoms with van der Waals surface area (Å²) in [5.74, 6) is -0.255. The van der Waals surface area contributed by atoms with Crippen LogP contribution in [0.5, 0.6) is 0 Å². The maximum Gasteiger partial charge on any atom is 0.330 e. The number of esters is 1. The quantitative estimate of drug-likeness (QED) is 0.273. The minimum Gasteiger partial charge on any atom is -0.463 e. The normalized spacial score (nSPS) is 11.2. The highest BCUT2D eigenvalue weighted by atomic mass is 16.5. The lowest BCUT2D eigenvalue weighted by Crippen LogP contribution is -2.01. The summed E-state index contributed by atoms with van der Waals surface area (Å²) in [5, 5.41) is 0. The van der Waals surface area contributed by atoms with Gasteiger partial charge in [-0.3, -0.25) is 0 Å². The third kappa shape index (κ3) is 8.86. The Hall–Kier alpha value is -1.05. The zero-order chi connectivity index (χ0) is 9.94. The molecule has 2 heteroatoms. The van der Waals surface area contributed by atoms with E-state index in [0.717, 1.165) is 19.3 Å². The Morgan fingerprint density at radius 3 is 2.69 bits per heavy atom. The van der Waals surface area contributed by atoms with Crippen molar-refractivity contribution >= 4 is 5.97 Å². The van der Waals surface area contributed by atoms with Gasteiger partial charge in [0.15, 0.2) is 0 Å². The molecule has 0 aliphatic rings. The van der Waals surface area contributed by atoms with E-state index in [4.69, 9.17) is 4.74 Å². The summed E-state index contributed by atoms with van der Waals surface area (Å²) >= 11 is 0. The third-order valence-corrected chi connectivity index (χ3v) is 1.53. The second-order valence-corrected chi connectivity index (χ2v) is 2.76. The molecule has 0 fully saturated rings. The summed E-state index contributed by atoms with van der Waals surface area (Å²) in [6.07, 6.45) is 10.00. The van der Waals surface area contributed by atoms with Gasteiger partial charge in [-0.1, -0.05) is 38.0 Å². The molecule has 74 valence electrons. The second-order valence-electron chi connectivity index (χ2n) is 2.76. The maximum absolute atomic E-state index is 10.9. The minimum absolute atomic E-state index is 0.255. The molecule has 0 N–H and O–H groups in total. The fourth-order valence-electron chi connectivity index (χ4n) is 0.818. The van der Waals surface area contributed by atoms with Crippen LogP contribution in [-0.2, 0) is 9.53 Å². The Bertz CT molecular complexity index is 181. The van der Waals surface area contributed by atoms with Crippen molar-refractivity contribution in [2.75, 3.05) is 6.61 Å². The van der Waals surface area contributed by atoms with Crippen LogP contribution in [0.25, 0.3) is 0 Å². The van der Waals surface area contributed by atoms with Gasteiger partial charge in [0.05, 0.1) is 6.61 Å². The number of allylic oxidation sites excluding steroid dienone is 3. The first kappa shape index (κ1) is 11.9. The van der Waals surface area contributed by atoms with Crippen LogP contribution in [0.4, 0.5) is 0 Å². The molecular weight excluding hydrogens is 164 g/mol. The molecule has 0 rings (SSSR count). The van der Waals surface area contributed by atoms with E-state index in [0.29, 0.717) is 6.61 Å². The van der Waals surface area contributed by atoms with Crippen LogP contribution in [0.2, 0.25) is 0 Å². The van der Waals surface area contributed by atoms with Gasteiger partial charge in [0.1, 0.15) is 0 Å². The van der Waals surface area contributed by atoms with Crippen molar-refractivity contribution in [3.05, 3.63) is 24.3 Å². The third-order valence-electron chi connectivity index (χ3n) is 1.53. The van der Waals surface area contributed by atoms with Crippen molar-refractivity contribution < 1.29 is 9.53 Å². The van der Waals surface area contributed by atoms with Gasteiger partial charge < -0.3 is 4.74 Å². The molecule has 0 amide bonds. The van der Waals surface area contributed by atoms with Crippen molar-refractivity contribution in [2.45, 2.75) is 33.1 Å². The standard InChI is InChI=1S/C11H18O2/c1-3-5-7-9-11(12)13-10-8-6-4-2/h3,5,7,9H,4,6,8,10H2,1-2H3/b5-3+,9-7+. The van der Waals surface area contributed by atoms with Crippen molar-refractivity contribution in [3.8, 4) is 0 Å². The number of rotatable bonds is 6. The van der Waals surface area contributed by atoms with Gasteiger partial charge in [0, 0.05) is 6.08 Å². The van der Waals surface area contributed by atoms with E-state index in [2.05, 4.69) is 6.92 Å². The second kappa shape index (κ2) is 9.04. The van der Waals surface area contributed by atoms with E-state index >= 15 is 0 Å². The molecule has 0 heterocycles. The van der Waals surface area contributed by atoms with E-state index in [1.54, 1.807) is 12.2 Å². The average Bonchev–Trinajstić information content (AvgIpc) is 2.13. The molecule has 0 unspecified atom stereocenters. The van der Waals surface area contributed by atoms with Crippen LogP contribution in [0.1, 0.15) is 33.1 Å². The topological polar surface area (TPSA) is 26.3 Å². The van der Waals surface area contributed by atoms with Crippen LogP contribution in [-0.4, -0.2) is 12.6 Å². The van der Waals surface area contributed by atoms with E-state index < -0.39 is 0 Å². The van der Waals surface area contributed by atoms with E-state index in [9.17, 15) is 4.79 Å². The first-order chi connectivity index (χ1) is 6.31. The monoisotopic (exact) mass is 182 g/mol. The Morgan fingerprint density at radius 2 is 2.08 bits per heavy atom. The predicted molar refractivity (Wildman–Crippen MR) is 54.4 cm³/mol. The molecule has 0 aromatic rings. The molecule has 0 bridgehead atoms. The highest BCUT2D eigenvalue weighted by Crippen LogP contribution is 1.94. The number of unbranched alkanes of at least 4 members (excludes halogenated alkanes) is 2. The molecule has 0 saturated heterocycles. The Labute approximate surface area is 80.3 Å². The smallest absolute Gasteiger partial charge is 0.330 e. The molecular formula is C11H18O2. The van der Waals surface area contributed by atoms with Crippen LogP contribution in [0.3, 0.4) is 0 Å². The molecule has 0 saturated carbocycles. The first-order valence-corrected chi connectivity index (χ1v) is 4.77. The van der Waals surface area contributed by atoms with Gasteiger partial charge >= 0.3 is 5.97 Å². The van der Waals surface area contributed by atoms with Gasteiger partial charge in [-0.2, -0.15) is 0 Å². The minimum atomic E-state index is -0.255. The number of carbonyl (C=O) groups excluding carboxylic acids is 1. The highest BCUT2D eigenvalue weighted by molar-refractivity contribution is 5.82. The predicted octanol–water partition coefficient (Wildman–Crippen LogP) is 2.85. The SMILES string of the molecule is C/C=C/C=C/C(=O)OCCCCC. The van der Waals surface area contributed by atoms with Gasteiger partial charge in [-0.15, -0.1) is 0 Å². The zero-order valence-electron chi connectivity index (χ0n) is 8.45. The van der Waals surface area contributed by atoms with Crippen molar-refractivity contribution in [3.63, 3.8) is 0 Å². The van der Waals surface area contributed by atoms with E-state index in [-0.39, 0.29) is 5.97 Å². The van der Waals surface area contributed by atoms with Crippen molar-refractivity contribution in [1.29, 1.82) is 0 Å². The molecule has 0 aromatic carbocycles. The lowest BCUT2D eigenvalue weighted by Gasteiger charge is -1.99. The molecule has 0 aliphatic heterocycles. The molecule has 0 aliphatic carbocycles. The van der Waals surface area contributed by atoms with Gasteiger partial charge in [-0.05, 0) is 13.3 Å². The molecule has 2 nitrogen and oxygen atoms in total. The summed E-state index contributed by atoms with van der Waals surface area (Å²) in [4.78, 5) is 10.9. The van der Waals surface area contributed by atoms with E-state index in [1.807, 2.05) is 13.0 Å². The lowest BCUT2D eigenvalue weighted by molar-refractivity contribution is -0.137. The first-order valence-electron chi connectivity index (χ1n) is 4.77. The van der Waals surface area contributed by atoms with Crippen LogP contribution in [0.15, 0.2) is 24.3 Å². The highest BCUT2D eigenvalue weighted by Gasteiger charge is 1.94. The molecule has 0 spiro atoms. The van der Waals surface area contributed by atoms with Crippen LogP contribution in [0, 0.1) is 0 Å². The van der Waals surface area contributed by atoms with Crippen molar-refractivity contribution in [2.24, 2.45) is 0 Å². The zero-order valence-corrected chi connectivity index (χ0v) is 8.45. The number of hydrogen-bond acceptors (Lipinski definition) is 2. The molecule has 13 heavy (non-hydrogen) atoms. The fraction of sp³-hybridized carbons (Fsp3) is 0.545. The number of carbonyl (C=O) groups is 1. The maximum atomic E-state index is 10.9. The average molecular weight is 182 g/mol. The lowest BCUT2D eigenvalue weighted by atomic mass is 10.3. The van der Waals surface area contributed by atoms with Crippen molar-refractivity contribution in [1.82, 2.24) is 0 Å². The molecule has 0 aromatic heterocycles. The molecule has 0 atom stereocenters. The summed E-state index contributed by atoms with van der Waals surface area (Å²) in [6.45, 7) is 4.55. The summed E-state index contributed by atoms with van der Waals surface area (Å²) in [6, 6.07) is 0. The summed E-state index contributed by atoms with van der Waals surface area (Å²) in [5.41, 5.74) is 0. The molecule has 0 radical (unpaired) electrons. The summed E-state index contributed by atoms with van der Waals surface area (Å²) < 4.78 is 4.93. The Morgan fingerprint density at radius 1 is 1.31 bits per heavy atom. The number of ether oxygens (including phenoxy) is 1. The Kier molecular flexibility index (Phi) is 8.31. The largest absolute Gasteiger partial charge is 0.463 e. The Balaban J connectivity index is 3.40. The van der Waals surface area contributed by atoms with Gasteiger partial charge in [-0.25, -0.2) is 4.79 Å². The van der Waals surface area contributed by atoms with Gasteiger partial charge in [0.2, 0.25) is 0 Å². The number of hydrogen-bond donors (Lipinski definition) is 0. The van der Waals surface area contributed by atoms with E-state index in [1.165, 1.54) is 6.08 Å². The van der Waals surface area contributed by atoms with Gasteiger partial charge in [0.25, 0.3) is 0 Å².